The molecule has 0 saturated carbocycles. The fourth-order valence-corrected chi connectivity index (χ4v) is 3.97. The summed E-state index contributed by atoms with van der Waals surface area (Å²) in [6, 6.07) is 26.1. The number of benzene rings is 3. The van der Waals surface area contributed by atoms with Gasteiger partial charge in [-0.3, -0.25) is 4.98 Å². The highest BCUT2D eigenvalue weighted by atomic mass is 35.5. The quantitative estimate of drug-likeness (QED) is 0.320. The molecule has 0 N–H and O–H groups in total. The average molecular weight is 426 g/mol. The van der Waals surface area contributed by atoms with Gasteiger partial charge in [-0.2, -0.15) is 0 Å². The average Bonchev–Trinajstić information content (AvgIpc) is 3.34. The Bertz CT molecular complexity index is 1290. The Morgan fingerprint density at radius 1 is 0.871 bits per heavy atom. The zero-order valence-electron chi connectivity index (χ0n) is 16.7. The van der Waals surface area contributed by atoms with E-state index in [1.807, 2.05) is 73.3 Å². The Balaban J connectivity index is 1.47. The van der Waals surface area contributed by atoms with E-state index in [1.165, 1.54) is 0 Å². The lowest BCUT2D eigenvalue weighted by molar-refractivity contribution is 0.306. The van der Waals surface area contributed by atoms with Gasteiger partial charge in [0.2, 0.25) is 0 Å². The number of nitrogens with zero attached hydrogens (tertiary/aromatic N) is 3. The molecule has 4 nitrogen and oxygen atoms in total. The van der Waals surface area contributed by atoms with Gasteiger partial charge in [0.05, 0.1) is 12.0 Å². The molecular formula is C26H20ClN3O. The maximum absolute atomic E-state index is 6.23. The molecule has 0 saturated heterocycles. The van der Waals surface area contributed by atoms with Gasteiger partial charge < -0.3 is 9.30 Å². The van der Waals surface area contributed by atoms with Gasteiger partial charge >= 0.3 is 0 Å². The van der Waals surface area contributed by atoms with Gasteiger partial charge in [0.1, 0.15) is 18.4 Å². The van der Waals surface area contributed by atoms with Crippen molar-refractivity contribution in [3.63, 3.8) is 0 Å². The van der Waals surface area contributed by atoms with E-state index in [9.17, 15) is 0 Å². The van der Waals surface area contributed by atoms with Gasteiger partial charge in [0.15, 0.2) is 0 Å². The molecule has 2 aromatic heterocycles. The second-order valence-electron chi connectivity index (χ2n) is 7.28. The summed E-state index contributed by atoms with van der Waals surface area (Å²) in [4.78, 5) is 9.01. The topological polar surface area (TPSA) is 39.9 Å². The number of pyridine rings is 1. The van der Waals surface area contributed by atoms with Crippen LogP contribution in [-0.2, 0) is 6.61 Å². The van der Waals surface area contributed by atoms with Crippen molar-refractivity contribution in [2.24, 2.45) is 0 Å². The lowest BCUT2D eigenvalue weighted by Crippen LogP contribution is -2.13. The molecule has 5 rings (SSSR count). The molecule has 5 heteroatoms. The molecule has 5 aromatic rings. The SMILES string of the molecule is Clc1ccccc1COc1ccc(C(c2nccc3ccccc23)n2ccnc2)cc1. The van der Waals surface area contributed by atoms with E-state index in [0.717, 1.165) is 33.3 Å². The van der Waals surface area contributed by atoms with Gasteiger partial charge in [0, 0.05) is 34.6 Å². The fraction of sp³-hybridized carbons (Fsp3) is 0.0769. The third-order valence-electron chi connectivity index (χ3n) is 5.33. The Kier molecular flexibility index (Phi) is 5.38. The van der Waals surface area contributed by atoms with E-state index in [2.05, 4.69) is 33.8 Å². The first-order valence-electron chi connectivity index (χ1n) is 10.1. The second kappa shape index (κ2) is 8.62. The molecule has 0 bridgehead atoms. The molecule has 0 spiro atoms. The van der Waals surface area contributed by atoms with Gasteiger partial charge in [-0.15, -0.1) is 0 Å². The number of fused-ring (bicyclic) bond motifs is 1. The zero-order valence-corrected chi connectivity index (χ0v) is 17.5. The van der Waals surface area contributed by atoms with Crippen LogP contribution in [0, 0.1) is 0 Å². The number of aromatic nitrogens is 3. The predicted molar refractivity (Wildman–Crippen MR) is 123 cm³/mol. The van der Waals surface area contributed by atoms with Crippen LogP contribution in [-0.4, -0.2) is 14.5 Å². The van der Waals surface area contributed by atoms with Crippen molar-refractivity contribution < 1.29 is 4.74 Å². The van der Waals surface area contributed by atoms with Crippen LogP contribution in [0.5, 0.6) is 5.75 Å². The number of rotatable bonds is 6. The zero-order chi connectivity index (χ0) is 21.0. The predicted octanol–water partition coefficient (Wildman–Crippen LogP) is 6.30. The minimum atomic E-state index is -0.0915. The summed E-state index contributed by atoms with van der Waals surface area (Å²) in [5.41, 5.74) is 3.05. The first-order chi connectivity index (χ1) is 15.3. The van der Waals surface area contributed by atoms with Crippen LogP contribution in [0.3, 0.4) is 0 Å². The first kappa shape index (κ1) is 19.3. The van der Waals surface area contributed by atoms with Crippen molar-refractivity contribution in [1.29, 1.82) is 0 Å². The molecule has 0 radical (unpaired) electrons. The number of hydrogen-bond acceptors (Lipinski definition) is 3. The summed E-state index contributed by atoms with van der Waals surface area (Å²) in [7, 11) is 0. The smallest absolute Gasteiger partial charge is 0.119 e. The Labute approximate surface area is 185 Å². The van der Waals surface area contributed by atoms with Crippen molar-refractivity contribution in [3.05, 3.63) is 126 Å². The molecule has 0 amide bonds. The van der Waals surface area contributed by atoms with Crippen molar-refractivity contribution in [1.82, 2.24) is 14.5 Å². The minimum Gasteiger partial charge on any atom is -0.489 e. The highest BCUT2D eigenvalue weighted by Crippen LogP contribution is 2.31. The van der Waals surface area contributed by atoms with Gasteiger partial charge in [0.25, 0.3) is 0 Å². The van der Waals surface area contributed by atoms with E-state index in [4.69, 9.17) is 21.3 Å². The monoisotopic (exact) mass is 425 g/mol. The fourth-order valence-electron chi connectivity index (χ4n) is 3.78. The Hall–Kier alpha value is -3.63. The third-order valence-corrected chi connectivity index (χ3v) is 5.70. The molecule has 1 unspecified atom stereocenters. The maximum Gasteiger partial charge on any atom is 0.119 e. The highest BCUT2D eigenvalue weighted by Gasteiger charge is 2.20. The highest BCUT2D eigenvalue weighted by molar-refractivity contribution is 6.31. The summed E-state index contributed by atoms with van der Waals surface area (Å²) in [5, 5.41) is 3.00. The number of hydrogen-bond donors (Lipinski definition) is 0. The molecule has 152 valence electrons. The molecular weight excluding hydrogens is 406 g/mol. The maximum atomic E-state index is 6.23. The van der Waals surface area contributed by atoms with E-state index in [-0.39, 0.29) is 6.04 Å². The van der Waals surface area contributed by atoms with E-state index < -0.39 is 0 Å². The van der Waals surface area contributed by atoms with Crippen LogP contribution < -0.4 is 4.74 Å². The lowest BCUT2D eigenvalue weighted by Gasteiger charge is -2.20. The van der Waals surface area contributed by atoms with Crippen LogP contribution >= 0.6 is 11.6 Å². The van der Waals surface area contributed by atoms with Crippen molar-refractivity contribution in [2.75, 3.05) is 0 Å². The Morgan fingerprint density at radius 2 is 1.68 bits per heavy atom. The normalized spacial score (nSPS) is 12.0. The van der Waals surface area contributed by atoms with Crippen LogP contribution in [0.25, 0.3) is 10.8 Å². The summed E-state index contributed by atoms with van der Waals surface area (Å²) < 4.78 is 8.03. The number of ether oxygens (including phenoxy) is 1. The number of imidazole rings is 1. The van der Waals surface area contributed by atoms with Gasteiger partial charge in [-0.1, -0.05) is 66.2 Å². The van der Waals surface area contributed by atoms with E-state index in [0.29, 0.717) is 11.6 Å². The van der Waals surface area contributed by atoms with E-state index in [1.54, 1.807) is 6.20 Å². The molecule has 0 fully saturated rings. The molecule has 2 heterocycles. The molecule has 31 heavy (non-hydrogen) atoms. The summed E-state index contributed by atoms with van der Waals surface area (Å²) in [6.45, 7) is 0.425. The largest absolute Gasteiger partial charge is 0.489 e. The van der Waals surface area contributed by atoms with Crippen molar-refractivity contribution in [3.8, 4) is 5.75 Å². The lowest BCUT2D eigenvalue weighted by atomic mass is 9.98. The second-order valence-corrected chi connectivity index (χ2v) is 7.69. The molecule has 0 aliphatic rings. The van der Waals surface area contributed by atoms with Gasteiger partial charge in [-0.05, 0) is 35.2 Å². The van der Waals surface area contributed by atoms with Crippen LogP contribution in [0.2, 0.25) is 5.02 Å². The van der Waals surface area contributed by atoms with Crippen molar-refractivity contribution in [2.45, 2.75) is 12.6 Å². The minimum absolute atomic E-state index is 0.0915. The standard InChI is InChI=1S/C26H20ClN3O/c27-24-8-4-2-6-21(24)17-31-22-11-9-20(10-12-22)26(30-16-15-28-18-30)25-23-7-3-1-5-19(23)13-14-29-25/h1-16,18,26H,17H2. The molecule has 1 atom stereocenters. The third kappa shape index (κ3) is 4.03. The van der Waals surface area contributed by atoms with Crippen LogP contribution in [0.4, 0.5) is 0 Å². The van der Waals surface area contributed by atoms with E-state index >= 15 is 0 Å². The summed E-state index contributed by atoms with van der Waals surface area (Å²) in [6.07, 6.45) is 7.45. The molecule has 3 aromatic carbocycles. The number of halogens is 1. The summed E-state index contributed by atoms with van der Waals surface area (Å²) >= 11 is 6.23. The molecule has 0 aliphatic carbocycles. The van der Waals surface area contributed by atoms with Crippen molar-refractivity contribution >= 4 is 22.4 Å². The van der Waals surface area contributed by atoms with Crippen LogP contribution in [0.15, 0.2) is 104 Å². The van der Waals surface area contributed by atoms with Gasteiger partial charge in [-0.25, -0.2) is 4.98 Å². The summed E-state index contributed by atoms with van der Waals surface area (Å²) in [5.74, 6) is 0.791. The Morgan fingerprint density at radius 3 is 2.48 bits per heavy atom. The van der Waals surface area contributed by atoms with Crippen LogP contribution in [0.1, 0.15) is 22.9 Å². The first-order valence-corrected chi connectivity index (χ1v) is 10.4. The molecule has 0 aliphatic heterocycles.